The smallest absolute Gasteiger partial charge is 0.407 e. The Hall–Kier alpha value is -3.27. The molecule has 8 nitrogen and oxygen atoms in total. The maximum absolute atomic E-state index is 14.1. The number of alkyl carbamates (subject to hydrolysis) is 1. The molecule has 0 saturated carbocycles. The van der Waals surface area contributed by atoms with Crippen LogP contribution in [0.1, 0.15) is 43.8 Å². The van der Waals surface area contributed by atoms with Crippen molar-refractivity contribution in [2.24, 2.45) is 5.41 Å². The summed E-state index contributed by atoms with van der Waals surface area (Å²) in [6.07, 6.45) is -0.293. The largest absolute Gasteiger partial charge is 0.439 e. The van der Waals surface area contributed by atoms with Crippen LogP contribution in [0.25, 0.3) is 5.69 Å². The molecule has 0 saturated heterocycles. The fourth-order valence-electron chi connectivity index (χ4n) is 3.26. The van der Waals surface area contributed by atoms with Crippen molar-refractivity contribution in [1.29, 1.82) is 0 Å². The first-order chi connectivity index (χ1) is 15.3. The molecule has 2 aromatic heterocycles. The Bertz CT molecular complexity index is 1280. The molecule has 0 fully saturated rings. The Morgan fingerprint density at radius 1 is 1.15 bits per heavy atom. The predicted octanol–water partition coefficient (Wildman–Crippen LogP) is 4.30. The Kier molecular flexibility index (Phi) is 6.60. The Morgan fingerprint density at radius 3 is 2.42 bits per heavy atom. The number of ether oxygens (including phenoxy) is 1. The third-order valence-electron chi connectivity index (χ3n) is 5.05. The minimum absolute atomic E-state index is 0.0330. The second-order valence-electron chi connectivity index (χ2n) is 8.79. The number of rotatable bonds is 5. The summed E-state index contributed by atoms with van der Waals surface area (Å²) >= 11 is 0. The van der Waals surface area contributed by atoms with Crippen molar-refractivity contribution in [3.05, 3.63) is 65.4 Å². The number of carbonyl (C=O) groups excluding carboxylic acids is 1. The minimum Gasteiger partial charge on any atom is -0.439 e. The second-order valence-corrected chi connectivity index (χ2v) is 10.7. The molecule has 33 heavy (non-hydrogen) atoms. The number of carbonyl (C=O) groups is 1. The maximum atomic E-state index is 14.1. The van der Waals surface area contributed by atoms with Crippen molar-refractivity contribution in [3.63, 3.8) is 0 Å². The highest BCUT2D eigenvalue weighted by Crippen LogP contribution is 2.38. The van der Waals surface area contributed by atoms with Crippen molar-refractivity contribution in [3.8, 4) is 5.69 Å². The van der Waals surface area contributed by atoms with Gasteiger partial charge in [-0.15, -0.1) is 0 Å². The van der Waals surface area contributed by atoms with E-state index in [2.05, 4.69) is 15.4 Å². The summed E-state index contributed by atoms with van der Waals surface area (Å²) in [5.41, 5.74) is 1.13. The number of nitrogens with one attached hydrogen (secondary N) is 1. The highest BCUT2D eigenvalue weighted by molar-refractivity contribution is 7.91. The quantitative estimate of drug-likeness (QED) is 0.591. The summed E-state index contributed by atoms with van der Waals surface area (Å²) < 4.78 is 48.0. The molecule has 0 aliphatic heterocycles. The first-order valence-electron chi connectivity index (χ1n) is 10.3. The molecule has 176 valence electrons. The van der Waals surface area contributed by atoms with E-state index in [4.69, 9.17) is 4.74 Å². The first kappa shape index (κ1) is 24.4. The Morgan fingerprint density at radius 2 is 1.85 bits per heavy atom. The van der Waals surface area contributed by atoms with Crippen molar-refractivity contribution in [1.82, 2.24) is 20.1 Å². The molecule has 0 bridgehead atoms. The van der Waals surface area contributed by atoms with E-state index < -0.39 is 33.3 Å². The summed E-state index contributed by atoms with van der Waals surface area (Å²) in [7, 11) is -2.67. The summed E-state index contributed by atoms with van der Waals surface area (Å²) in [5.74, 6) is -0.540. The van der Waals surface area contributed by atoms with Crippen LogP contribution in [0.3, 0.4) is 0 Å². The van der Waals surface area contributed by atoms with Gasteiger partial charge in [0.1, 0.15) is 11.5 Å². The van der Waals surface area contributed by atoms with Crippen molar-refractivity contribution >= 4 is 15.9 Å². The molecule has 1 amide bonds. The van der Waals surface area contributed by atoms with Gasteiger partial charge in [-0.2, -0.15) is 5.10 Å². The van der Waals surface area contributed by atoms with Gasteiger partial charge in [0.05, 0.1) is 10.6 Å². The van der Waals surface area contributed by atoms with E-state index >= 15 is 0 Å². The number of benzene rings is 1. The number of halogens is 1. The lowest BCUT2D eigenvalue weighted by Crippen LogP contribution is -2.29. The maximum Gasteiger partial charge on any atom is 0.407 e. The Labute approximate surface area is 192 Å². The van der Waals surface area contributed by atoms with Crippen molar-refractivity contribution in [2.75, 3.05) is 7.05 Å². The average molecular weight is 475 g/mol. The van der Waals surface area contributed by atoms with Gasteiger partial charge in [0.2, 0.25) is 9.84 Å². The molecule has 1 N–H and O–H groups in total. The molecular weight excluding hydrogens is 447 g/mol. The molecule has 1 unspecified atom stereocenters. The molecular formula is C23H27FN4O4S. The predicted molar refractivity (Wildman–Crippen MR) is 120 cm³/mol. The number of aryl methyl sites for hydroxylation is 2. The zero-order valence-corrected chi connectivity index (χ0v) is 20.2. The molecule has 3 aromatic rings. The van der Waals surface area contributed by atoms with Gasteiger partial charge in [0.15, 0.2) is 11.1 Å². The molecule has 1 atom stereocenters. The number of amides is 1. The van der Waals surface area contributed by atoms with Crippen LogP contribution in [-0.4, -0.2) is 36.3 Å². The van der Waals surface area contributed by atoms with Gasteiger partial charge < -0.3 is 10.1 Å². The van der Waals surface area contributed by atoms with E-state index in [0.717, 1.165) is 0 Å². The van der Waals surface area contributed by atoms with Gasteiger partial charge in [0.25, 0.3) is 0 Å². The van der Waals surface area contributed by atoms with E-state index in [0.29, 0.717) is 11.3 Å². The van der Waals surface area contributed by atoms with Crippen LogP contribution in [0.4, 0.5) is 9.18 Å². The van der Waals surface area contributed by atoms with Crippen LogP contribution in [0.2, 0.25) is 0 Å². The molecule has 0 aliphatic rings. The number of hydrogen-bond donors (Lipinski definition) is 1. The molecule has 0 spiro atoms. The van der Waals surface area contributed by atoms with Crippen LogP contribution in [0.15, 0.2) is 52.5 Å². The third-order valence-corrected chi connectivity index (χ3v) is 6.75. The topological polar surface area (TPSA) is 103 Å². The number of sulfone groups is 1. The summed E-state index contributed by atoms with van der Waals surface area (Å²) in [4.78, 5) is 16.1. The van der Waals surface area contributed by atoms with Crippen LogP contribution in [0, 0.1) is 25.1 Å². The zero-order valence-electron chi connectivity index (χ0n) is 19.4. The van der Waals surface area contributed by atoms with E-state index in [9.17, 15) is 17.6 Å². The average Bonchev–Trinajstić information content (AvgIpc) is 3.18. The van der Waals surface area contributed by atoms with Gasteiger partial charge in [-0.1, -0.05) is 26.8 Å². The number of aromatic nitrogens is 3. The molecule has 10 heteroatoms. The monoisotopic (exact) mass is 474 g/mol. The lowest BCUT2D eigenvalue weighted by atomic mass is 9.87. The molecule has 2 heterocycles. The van der Waals surface area contributed by atoms with E-state index in [-0.39, 0.29) is 21.3 Å². The normalized spacial score (nSPS) is 12.9. The highest BCUT2D eigenvalue weighted by atomic mass is 32.2. The lowest BCUT2D eigenvalue weighted by molar-refractivity contribution is 0.0284. The van der Waals surface area contributed by atoms with E-state index in [1.165, 1.54) is 48.3 Å². The highest BCUT2D eigenvalue weighted by Gasteiger charge is 2.35. The van der Waals surface area contributed by atoms with Crippen LogP contribution in [0.5, 0.6) is 0 Å². The van der Waals surface area contributed by atoms with Gasteiger partial charge in [-0.25, -0.2) is 22.3 Å². The van der Waals surface area contributed by atoms with Crippen LogP contribution in [-0.2, 0) is 14.6 Å². The van der Waals surface area contributed by atoms with Crippen molar-refractivity contribution in [2.45, 2.75) is 50.6 Å². The van der Waals surface area contributed by atoms with Crippen molar-refractivity contribution < 1.29 is 22.3 Å². The fourth-order valence-corrected chi connectivity index (χ4v) is 4.59. The van der Waals surface area contributed by atoms with Gasteiger partial charge in [-0.3, -0.25) is 4.98 Å². The second kappa shape index (κ2) is 8.93. The number of pyridine rings is 1. The molecule has 0 aliphatic carbocycles. The van der Waals surface area contributed by atoms with Gasteiger partial charge in [0, 0.05) is 30.4 Å². The number of nitrogens with zero attached hydrogens (tertiary/aromatic N) is 3. The summed E-state index contributed by atoms with van der Waals surface area (Å²) in [6.45, 7) is 8.99. The third kappa shape index (κ3) is 5.05. The van der Waals surface area contributed by atoms with E-state index in [1.807, 2.05) is 20.8 Å². The van der Waals surface area contributed by atoms with Gasteiger partial charge >= 0.3 is 6.09 Å². The standard InChI is InChI=1S/C23H27FN4O4S/c1-14-7-9-16(24)11-19(14)28-20(33(30,31)17-10-8-15(2)26-13-17)12-18(27-28)21(23(3,4)5)32-22(29)25-6/h7-13,21H,1-6H3,(H,25,29). The SMILES string of the molecule is CNC(=O)OC(c1cc(S(=O)(=O)c2ccc(C)nc2)n(-c2cc(F)ccc2C)n1)C(C)(C)C. The summed E-state index contributed by atoms with van der Waals surface area (Å²) in [6, 6.07) is 8.44. The van der Waals surface area contributed by atoms with Gasteiger partial charge in [-0.05, 0) is 43.7 Å². The first-order valence-corrected chi connectivity index (χ1v) is 11.8. The van der Waals surface area contributed by atoms with E-state index in [1.54, 1.807) is 19.9 Å². The molecule has 3 rings (SSSR count). The fraction of sp³-hybridized carbons (Fsp3) is 0.348. The molecule has 1 aromatic carbocycles. The summed E-state index contributed by atoms with van der Waals surface area (Å²) in [5, 5.41) is 6.70. The lowest BCUT2D eigenvalue weighted by Gasteiger charge is -2.28. The minimum atomic E-state index is -4.10. The van der Waals surface area contributed by atoms with Crippen LogP contribution >= 0.6 is 0 Å². The Balaban J connectivity index is 2.29. The number of hydrogen-bond acceptors (Lipinski definition) is 6. The van der Waals surface area contributed by atoms with Crippen LogP contribution < -0.4 is 5.32 Å². The zero-order chi connectivity index (χ0) is 24.6. The molecule has 0 radical (unpaired) electrons.